The molecule has 0 aliphatic heterocycles. The lowest BCUT2D eigenvalue weighted by Crippen LogP contribution is -2.06. The zero-order valence-corrected chi connectivity index (χ0v) is 22.9. The molecule has 0 amide bonds. The number of hydrogen-bond donors (Lipinski definition) is 0. The quantitative estimate of drug-likeness (QED) is 0.113. The lowest BCUT2D eigenvalue weighted by molar-refractivity contribution is 0.0498. The Bertz CT molecular complexity index is 1100. The molecular weight excluding hydrogens is 451 g/mol. The summed E-state index contributed by atoms with van der Waals surface area (Å²) in [5.74, 6) is 1.31. The topological polar surface area (TPSA) is 35.5 Å². The molecule has 0 aliphatic carbocycles. The zero-order valence-electron chi connectivity index (χ0n) is 22.0. The predicted molar refractivity (Wildman–Crippen MR) is 152 cm³/mol. The maximum absolute atomic E-state index is 12.7. The van der Waals surface area contributed by atoms with Gasteiger partial charge in [0.1, 0.15) is 5.75 Å². The predicted octanol–water partition coefficient (Wildman–Crippen LogP) is 9.89. The Morgan fingerprint density at radius 2 is 1.60 bits per heavy atom. The smallest absolute Gasteiger partial charge is 0.338 e. The number of esters is 1. The van der Waals surface area contributed by atoms with Crippen molar-refractivity contribution in [3.8, 4) is 5.75 Å². The second-order valence-electron chi connectivity index (χ2n) is 9.67. The number of rotatable bonds is 16. The van der Waals surface area contributed by atoms with E-state index in [1.54, 1.807) is 0 Å². The minimum atomic E-state index is -0.484. The van der Waals surface area contributed by atoms with Gasteiger partial charge in [-0.1, -0.05) is 71.4 Å². The highest BCUT2D eigenvalue weighted by molar-refractivity contribution is 7.60. The highest BCUT2D eigenvalue weighted by atomic mass is 31.1. The minimum absolute atomic E-state index is 0.197. The van der Waals surface area contributed by atoms with Crippen LogP contribution in [0.25, 0.3) is 21.0 Å². The van der Waals surface area contributed by atoms with E-state index in [2.05, 4.69) is 57.7 Å². The van der Waals surface area contributed by atoms with Crippen LogP contribution in [0.2, 0.25) is 0 Å². The van der Waals surface area contributed by atoms with Crippen LogP contribution in [0.5, 0.6) is 5.75 Å². The molecule has 0 N–H and O–H groups in total. The molecule has 0 saturated heterocycles. The van der Waals surface area contributed by atoms with E-state index in [9.17, 15) is 4.79 Å². The van der Waals surface area contributed by atoms with Crippen LogP contribution in [0.4, 0.5) is 0 Å². The van der Waals surface area contributed by atoms with E-state index >= 15 is 0 Å². The Hall–Kier alpha value is -2.25. The summed E-state index contributed by atoms with van der Waals surface area (Å²) in [7, 11) is -0.484. The fraction of sp³-hybridized carbons (Fsp3) is 0.516. The number of benzene rings is 2. The SMILES string of the molecule is C=CCCCCCCCCCOC(=O)c1ccc2c3ccc(OC[C@@H](C)CC)cc3p(CC)c2c1. The van der Waals surface area contributed by atoms with Crippen molar-refractivity contribution < 1.29 is 14.3 Å². The molecule has 0 bridgehead atoms. The third-order valence-electron chi connectivity index (χ3n) is 6.91. The molecule has 3 aromatic rings. The van der Waals surface area contributed by atoms with E-state index in [0.29, 0.717) is 18.1 Å². The summed E-state index contributed by atoms with van der Waals surface area (Å²) in [6.07, 6.45) is 13.7. The van der Waals surface area contributed by atoms with Crippen LogP contribution >= 0.6 is 7.53 Å². The van der Waals surface area contributed by atoms with Gasteiger partial charge >= 0.3 is 5.97 Å². The van der Waals surface area contributed by atoms with Crippen molar-refractivity contribution in [2.24, 2.45) is 5.92 Å². The molecule has 0 saturated carbocycles. The molecular formula is C31H43O3P. The molecule has 2 aromatic carbocycles. The number of carbonyl (C=O) groups excluding carboxylic acids is 1. The molecule has 190 valence electrons. The van der Waals surface area contributed by atoms with E-state index < -0.39 is 7.53 Å². The van der Waals surface area contributed by atoms with E-state index in [1.807, 2.05) is 12.1 Å². The van der Waals surface area contributed by atoms with Gasteiger partial charge in [-0.3, -0.25) is 0 Å². The van der Waals surface area contributed by atoms with Crippen molar-refractivity contribution >= 4 is 34.5 Å². The third-order valence-corrected chi connectivity index (χ3v) is 9.44. The fourth-order valence-corrected chi connectivity index (χ4v) is 7.00. The fourth-order valence-electron chi connectivity index (χ4n) is 4.51. The first-order chi connectivity index (χ1) is 17.1. The van der Waals surface area contributed by atoms with Crippen molar-refractivity contribution in [3.63, 3.8) is 0 Å². The average molecular weight is 495 g/mol. The molecule has 0 spiro atoms. The maximum atomic E-state index is 12.7. The van der Waals surface area contributed by atoms with Crippen molar-refractivity contribution in [3.05, 3.63) is 54.6 Å². The summed E-state index contributed by atoms with van der Waals surface area (Å²) < 4.78 is 11.7. The molecule has 3 nitrogen and oxygen atoms in total. The van der Waals surface area contributed by atoms with Gasteiger partial charge in [-0.15, -0.1) is 14.1 Å². The summed E-state index contributed by atoms with van der Waals surface area (Å²) in [4.78, 5) is 12.7. The number of unbranched alkanes of at least 4 members (excludes halogenated alkanes) is 7. The Labute approximate surface area is 212 Å². The highest BCUT2D eigenvalue weighted by Crippen LogP contribution is 2.50. The van der Waals surface area contributed by atoms with Crippen molar-refractivity contribution in [1.29, 1.82) is 0 Å². The van der Waals surface area contributed by atoms with Crippen LogP contribution < -0.4 is 4.74 Å². The normalized spacial score (nSPS) is 12.7. The minimum Gasteiger partial charge on any atom is -0.493 e. The lowest BCUT2D eigenvalue weighted by atomic mass is 10.1. The lowest BCUT2D eigenvalue weighted by Gasteiger charge is -2.11. The van der Waals surface area contributed by atoms with Gasteiger partial charge in [0.2, 0.25) is 0 Å². The molecule has 1 heterocycles. The molecule has 0 radical (unpaired) electrons. The van der Waals surface area contributed by atoms with Crippen LogP contribution in [0.3, 0.4) is 0 Å². The molecule has 1 unspecified atom stereocenters. The summed E-state index contributed by atoms with van der Waals surface area (Å²) >= 11 is 0. The first-order valence-corrected chi connectivity index (χ1v) is 15.1. The van der Waals surface area contributed by atoms with Gasteiger partial charge in [-0.25, -0.2) is 4.79 Å². The summed E-state index contributed by atoms with van der Waals surface area (Å²) in [5.41, 5.74) is 0.674. The zero-order chi connectivity index (χ0) is 25.0. The Morgan fingerprint density at radius 1 is 0.943 bits per heavy atom. The summed E-state index contributed by atoms with van der Waals surface area (Å²) in [5, 5.41) is 5.20. The van der Waals surface area contributed by atoms with Gasteiger partial charge in [-0.2, -0.15) is 0 Å². The summed E-state index contributed by atoms with van der Waals surface area (Å²) in [6.45, 7) is 11.7. The molecule has 35 heavy (non-hydrogen) atoms. The average Bonchev–Trinajstić information content (AvgIpc) is 3.20. The molecule has 0 aliphatic rings. The number of aryl methyl sites for hydroxylation is 1. The highest BCUT2D eigenvalue weighted by Gasteiger charge is 2.15. The van der Waals surface area contributed by atoms with Gasteiger partial charge < -0.3 is 9.47 Å². The Morgan fingerprint density at radius 3 is 2.29 bits per heavy atom. The number of allylic oxidation sites excluding steroid dienone is 1. The number of ether oxygens (including phenoxy) is 2. The van der Waals surface area contributed by atoms with E-state index in [0.717, 1.165) is 44.2 Å². The van der Waals surface area contributed by atoms with Crippen LogP contribution in [0.1, 0.15) is 88.9 Å². The maximum Gasteiger partial charge on any atom is 0.338 e. The van der Waals surface area contributed by atoms with Crippen LogP contribution in [-0.4, -0.2) is 19.2 Å². The molecule has 2 atom stereocenters. The Kier molecular flexibility index (Phi) is 11.2. The van der Waals surface area contributed by atoms with E-state index in [-0.39, 0.29) is 5.97 Å². The number of carbonyl (C=O) groups is 1. The molecule has 3 rings (SSSR count). The van der Waals surface area contributed by atoms with Gasteiger partial charge in [0.15, 0.2) is 0 Å². The van der Waals surface area contributed by atoms with Gasteiger partial charge in [-0.05, 0) is 72.4 Å². The van der Waals surface area contributed by atoms with Gasteiger partial charge in [0.05, 0.1) is 18.8 Å². The largest absolute Gasteiger partial charge is 0.493 e. The molecule has 1 aromatic heterocycles. The number of fused-ring (bicyclic) bond motifs is 3. The van der Waals surface area contributed by atoms with Crippen molar-refractivity contribution in [2.45, 2.75) is 84.7 Å². The van der Waals surface area contributed by atoms with E-state index in [1.165, 1.54) is 53.1 Å². The summed E-state index contributed by atoms with van der Waals surface area (Å²) in [6, 6.07) is 12.6. The standard InChI is InChI=1S/C31H43O3P/c1-5-8-9-10-11-12-13-14-15-20-33-31(32)25-16-18-27-28-19-17-26(34-23-24(4)6-2)22-30(28)35(7-3)29(27)21-25/h5,16-19,21-22,24H,1,6-15,20,23H2,2-4H3/t24-,35?/m0/s1. The van der Waals surface area contributed by atoms with Crippen LogP contribution in [-0.2, 0) is 10.9 Å². The first-order valence-electron chi connectivity index (χ1n) is 13.6. The second-order valence-corrected chi connectivity index (χ2v) is 12.1. The first kappa shape index (κ1) is 27.3. The van der Waals surface area contributed by atoms with Crippen LogP contribution in [0.15, 0.2) is 49.1 Å². The Balaban J connectivity index is 1.59. The molecule has 0 fully saturated rings. The van der Waals surface area contributed by atoms with Gasteiger partial charge in [0.25, 0.3) is 0 Å². The van der Waals surface area contributed by atoms with Crippen molar-refractivity contribution in [1.82, 2.24) is 0 Å². The molecule has 4 heteroatoms. The van der Waals surface area contributed by atoms with Gasteiger partial charge in [0, 0.05) is 10.2 Å². The van der Waals surface area contributed by atoms with Crippen molar-refractivity contribution in [2.75, 3.05) is 13.2 Å². The third kappa shape index (κ3) is 7.61. The monoisotopic (exact) mass is 494 g/mol. The second kappa shape index (κ2) is 14.3. The number of hydrogen-bond acceptors (Lipinski definition) is 3. The van der Waals surface area contributed by atoms with Crippen LogP contribution in [0, 0.1) is 5.92 Å². The van der Waals surface area contributed by atoms with E-state index in [4.69, 9.17) is 9.47 Å².